The van der Waals surface area contributed by atoms with Crippen LogP contribution < -0.4 is 15.5 Å². The Labute approximate surface area is 135 Å². The van der Waals surface area contributed by atoms with Gasteiger partial charge in [0.1, 0.15) is 17.3 Å². The molecule has 122 valence electrons. The minimum absolute atomic E-state index is 0.194. The first-order chi connectivity index (χ1) is 11.1. The Morgan fingerprint density at radius 2 is 2.04 bits per heavy atom. The minimum atomic E-state index is -0.276. The molecular weight excluding hydrogens is 292 g/mol. The van der Waals surface area contributed by atoms with Crippen molar-refractivity contribution in [1.29, 1.82) is 0 Å². The summed E-state index contributed by atoms with van der Waals surface area (Å²) in [6.07, 6.45) is 4.12. The molecule has 2 N–H and O–H groups in total. The van der Waals surface area contributed by atoms with E-state index in [9.17, 15) is 4.79 Å². The maximum Gasteiger partial charge on any atom is 0.319 e. The van der Waals surface area contributed by atoms with Crippen molar-refractivity contribution >= 4 is 17.5 Å². The van der Waals surface area contributed by atoms with Gasteiger partial charge in [0.05, 0.1) is 17.9 Å². The number of urea groups is 1. The Bertz CT molecular complexity index is 659. The summed E-state index contributed by atoms with van der Waals surface area (Å²) in [5, 5.41) is 5.64. The third-order valence-electron chi connectivity index (χ3n) is 3.97. The topological polar surface area (TPSA) is 70.4 Å². The second-order valence-electron chi connectivity index (χ2n) is 5.87. The smallest absolute Gasteiger partial charge is 0.319 e. The summed E-state index contributed by atoms with van der Waals surface area (Å²) < 4.78 is 5.51. The number of anilines is 2. The van der Waals surface area contributed by atoms with Gasteiger partial charge < -0.3 is 20.0 Å². The fourth-order valence-electron chi connectivity index (χ4n) is 2.71. The van der Waals surface area contributed by atoms with Crippen molar-refractivity contribution in [3.8, 4) is 0 Å². The predicted molar refractivity (Wildman–Crippen MR) is 89.7 cm³/mol. The van der Waals surface area contributed by atoms with Crippen molar-refractivity contribution in [3.63, 3.8) is 0 Å². The molecule has 0 saturated carbocycles. The normalized spacial score (nSPS) is 15.5. The van der Waals surface area contributed by atoms with Gasteiger partial charge in [-0.25, -0.2) is 9.78 Å². The van der Waals surface area contributed by atoms with Crippen LogP contribution in [0.25, 0.3) is 0 Å². The maximum absolute atomic E-state index is 12.0. The lowest BCUT2D eigenvalue weighted by atomic mass is 10.2. The van der Waals surface area contributed by atoms with Crippen molar-refractivity contribution in [1.82, 2.24) is 10.3 Å². The molecule has 0 aromatic carbocycles. The number of aromatic nitrogens is 1. The zero-order chi connectivity index (χ0) is 16.2. The van der Waals surface area contributed by atoms with Gasteiger partial charge in [0.15, 0.2) is 0 Å². The standard InChI is InChI=1S/C17H22N4O2/c1-12-5-7-15(23-12)13(2)19-17(22)20-14-6-8-16(18-11-14)21-9-3-4-10-21/h5-8,11,13H,3-4,9-10H2,1-2H3,(H2,19,20,22)/t13-/m1/s1. The van der Waals surface area contributed by atoms with Gasteiger partial charge in [0.2, 0.25) is 0 Å². The Morgan fingerprint density at radius 1 is 1.26 bits per heavy atom. The first-order valence-electron chi connectivity index (χ1n) is 7.96. The number of nitrogens with zero attached hydrogens (tertiary/aromatic N) is 2. The number of hydrogen-bond donors (Lipinski definition) is 2. The number of pyridine rings is 1. The zero-order valence-electron chi connectivity index (χ0n) is 13.5. The van der Waals surface area contributed by atoms with E-state index in [2.05, 4.69) is 20.5 Å². The van der Waals surface area contributed by atoms with Gasteiger partial charge in [-0.05, 0) is 51.0 Å². The molecule has 1 aliphatic rings. The first kappa shape index (κ1) is 15.4. The van der Waals surface area contributed by atoms with Crippen molar-refractivity contribution in [3.05, 3.63) is 42.0 Å². The van der Waals surface area contributed by atoms with Crippen LogP contribution in [-0.2, 0) is 0 Å². The molecule has 0 radical (unpaired) electrons. The van der Waals surface area contributed by atoms with E-state index in [4.69, 9.17) is 4.42 Å². The van der Waals surface area contributed by atoms with Crippen molar-refractivity contribution in [2.24, 2.45) is 0 Å². The fraction of sp³-hybridized carbons (Fsp3) is 0.412. The molecule has 1 saturated heterocycles. The third kappa shape index (κ3) is 3.83. The first-order valence-corrected chi connectivity index (χ1v) is 7.96. The molecule has 3 heterocycles. The van der Waals surface area contributed by atoms with E-state index in [0.29, 0.717) is 5.69 Å². The maximum atomic E-state index is 12.0. The van der Waals surface area contributed by atoms with E-state index in [1.165, 1.54) is 12.8 Å². The number of furan rings is 1. The van der Waals surface area contributed by atoms with Crippen LogP contribution in [0.15, 0.2) is 34.9 Å². The van der Waals surface area contributed by atoms with E-state index in [0.717, 1.165) is 30.4 Å². The van der Waals surface area contributed by atoms with Crippen LogP contribution in [0.5, 0.6) is 0 Å². The van der Waals surface area contributed by atoms with Gasteiger partial charge >= 0.3 is 6.03 Å². The molecule has 2 aromatic heterocycles. The number of aryl methyl sites for hydroxylation is 1. The minimum Gasteiger partial charge on any atom is -0.464 e. The van der Waals surface area contributed by atoms with Gasteiger partial charge in [-0.2, -0.15) is 0 Å². The van der Waals surface area contributed by atoms with Crippen LogP contribution in [0.1, 0.15) is 37.3 Å². The molecule has 23 heavy (non-hydrogen) atoms. The summed E-state index contributed by atoms with van der Waals surface area (Å²) >= 11 is 0. The third-order valence-corrected chi connectivity index (χ3v) is 3.97. The summed E-state index contributed by atoms with van der Waals surface area (Å²) in [7, 11) is 0. The van der Waals surface area contributed by atoms with Crippen LogP contribution in [0.4, 0.5) is 16.3 Å². The molecule has 0 unspecified atom stereocenters. The lowest BCUT2D eigenvalue weighted by molar-refractivity contribution is 0.247. The number of carbonyl (C=O) groups excluding carboxylic acids is 1. The summed E-state index contributed by atoms with van der Waals surface area (Å²) in [5.41, 5.74) is 0.674. The van der Waals surface area contributed by atoms with Crippen LogP contribution in [0.2, 0.25) is 0 Å². The van der Waals surface area contributed by atoms with E-state index < -0.39 is 0 Å². The average Bonchev–Trinajstić information content (AvgIpc) is 3.19. The van der Waals surface area contributed by atoms with Gasteiger partial charge in [-0.1, -0.05) is 0 Å². The van der Waals surface area contributed by atoms with Crippen LogP contribution >= 0.6 is 0 Å². The zero-order valence-corrected chi connectivity index (χ0v) is 13.5. The van der Waals surface area contributed by atoms with Crippen molar-refractivity contribution < 1.29 is 9.21 Å². The Balaban J connectivity index is 1.55. The van der Waals surface area contributed by atoms with Gasteiger partial charge in [-0.15, -0.1) is 0 Å². The number of rotatable bonds is 4. The quantitative estimate of drug-likeness (QED) is 0.906. The van der Waals surface area contributed by atoms with E-state index in [-0.39, 0.29) is 12.1 Å². The Morgan fingerprint density at radius 3 is 2.65 bits per heavy atom. The second-order valence-corrected chi connectivity index (χ2v) is 5.87. The highest BCUT2D eigenvalue weighted by Gasteiger charge is 2.15. The predicted octanol–water partition coefficient (Wildman–Crippen LogP) is 3.47. The molecule has 1 atom stereocenters. The number of hydrogen-bond acceptors (Lipinski definition) is 4. The van der Waals surface area contributed by atoms with Gasteiger partial charge in [-0.3, -0.25) is 0 Å². The average molecular weight is 314 g/mol. The lowest BCUT2D eigenvalue weighted by Crippen LogP contribution is -2.31. The highest BCUT2D eigenvalue weighted by molar-refractivity contribution is 5.89. The molecule has 6 nitrogen and oxygen atoms in total. The summed E-state index contributed by atoms with van der Waals surface area (Å²) in [5.74, 6) is 2.53. The Kier molecular flexibility index (Phi) is 4.50. The van der Waals surface area contributed by atoms with Crippen molar-refractivity contribution in [2.75, 3.05) is 23.3 Å². The highest BCUT2D eigenvalue weighted by atomic mass is 16.3. The fourth-order valence-corrected chi connectivity index (χ4v) is 2.71. The SMILES string of the molecule is Cc1ccc([C@@H](C)NC(=O)Nc2ccc(N3CCCC3)nc2)o1. The molecule has 6 heteroatoms. The second kappa shape index (κ2) is 6.73. The van der Waals surface area contributed by atoms with Gasteiger partial charge in [0.25, 0.3) is 0 Å². The van der Waals surface area contributed by atoms with E-state index in [1.807, 2.05) is 38.1 Å². The van der Waals surface area contributed by atoms with E-state index >= 15 is 0 Å². The van der Waals surface area contributed by atoms with Crippen LogP contribution in [0.3, 0.4) is 0 Å². The monoisotopic (exact) mass is 314 g/mol. The molecule has 0 aliphatic carbocycles. The van der Waals surface area contributed by atoms with Crippen LogP contribution in [-0.4, -0.2) is 24.1 Å². The molecule has 3 rings (SSSR count). The van der Waals surface area contributed by atoms with E-state index in [1.54, 1.807) is 6.20 Å². The molecular formula is C17H22N4O2. The molecule has 1 fully saturated rings. The summed E-state index contributed by atoms with van der Waals surface area (Å²) in [6, 6.07) is 7.10. The number of nitrogens with one attached hydrogen (secondary N) is 2. The lowest BCUT2D eigenvalue weighted by Gasteiger charge is -2.17. The molecule has 2 aromatic rings. The van der Waals surface area contributed by atoms with Gasteiger partial charge in [0, 0.05) is 13.1 Å². The number of amides is 2. The highest BCUT2D eigenvalue weighted by Crippen LogP contribution is 2.19. The largest absolute Gasteiger partial charge is 0.464 e. The molecule has 0 bridgehead atoms. The molecule has 1 aliphatic heterocycles. The summed E-state index contributed by atoms with van der Waals surface area (Å²) in [6.45, 7) is 5.87. The Hall–Kier alpha value is -2.50. The number of carbonyl (C=O) groups is 1. The van der Waals surface area contributed by atoms with Crippen molar-refractivity contribution in [2.45, 2.75) is 32.7 Å². The molecule has 2 amide bonds. The summed E-state index contributed by atoms with van der Waals surface area (Å²) in [4.78, 5) is 18.7. The van der Waals surface area contributed by atoms with Crippen LogP contribution in [0, 0.1) is 6.92 Å². The molecule has 0 spiro atoms.